The molecule has 2 saturated heterocycles. The summed E-state index contributed by atoms with van der Waals surface area (Å²) in [4.78, 5) is 15.1. The number of carbonyl (C=O) groups excluding carboxylic acids is 1. The lowest BCUT2D eigenvalue weighted by atomic mass is 9.84. The molecule has 2 aliphatic rings. The number of nitrogens with zero attached hydrogens (tertiary/aromatic N) is 2. The van der Waals surface area contributed by atoms with E-state index < -0.39 is 15.9 Å². The maximum absolute atomic E-state index is 12.5. The van der Waals surface area contributed by atoms with Crippen LogP contribution in [0.3, 0.4) is 0 Å². The summed E-state index contributed by atoms with van der Waals surface area (Å²) in [5, 5.41) is 22.1. The second kappa shape index (κ2) is 10.0. The van der Waals surface area contributed by atoms with Crippen molar-refractivity contribution in [2.45, 2.75) is 48.2 Å². The van der Waals surface area contributed by atoms with Gasteiger partial charge >= 0.3 is 0 Å². The number of piperidine rings is 2. The van der Waals surface area contributed by atoms with E-state index in [1.165, 1.54) is 37.1 Å². The highest BCUT2D eigenvalue weighted by molar-refractivity contribution is 6.68. The van der Waals surface area contributed by atoms with Gasteiger partial charge in [0.25, 0.3) is 5.91 Å². The first kappa shape index (κ1) is 22.9. The molecule has 0 aromatic heterocycles. The minimum absolute atomic E-state index is 0.00469. The van der Waals surface area contributed by atoms with Crippen LogP contribution < -0.4 is 10.5 Å². The molecule has 0 bridgehead atoms. The molecule has 1 amide bonds. The second-order valence-electron chi connectivity index (χ2n) is 7.55. The van der Waals surface area contributed by atoms with Crippen LogP contribution in [0, 0.1) is 11.1 Å². The highest BCUT2D eigenvalue weighted by Gasteiger charge is 2.38. The van der Waals surface area contributed by atoms with E-state index in [0.29, 0.717) is 18.6 Å². The van der Waals surface area contributed by atoms with E-state index in [-0.39, 0.29) is 16.5 Å². The van der Waals surface area contributed by atoms with Gasteiger partial charge in [0.1, 0.15) is 0 Å². The van der Waals surface area contributed by atoms with Crippen LogP contribution in [0.25, 0.3) is 0 Å². The van der Waals surface area contributed by atoms with E-state index in [2.05, 4.69) is 10.2 Å². The Labute approximate surface area is 185 Å². The Morgan fingerprint density at radius 3 is 2.59 bits per heavy atom. The minimum atomic E-state index is -1.84. The van der Waals surface area contributed by atoms with Crippen molar-refractivity contribution in [3.05, 3.63) is 35.0 Å². The number of carbonyl (C=O) groups is 1. The number of nitrogens with one attached hydrogen (secondary N) is 1. The Kier molecular flexibility index (Phi) is 7.89. The van der Waals surface area contributed by atoms with Crippen LogP contribution >= 0.6 is 34.8 Å². The van der Waals surface area contributed by atoms with Crippen molar-refractivity contribution >= 4 is 46.4 Å². The zero-order valence-electron chi connectivity index (χ0n) is 15.9. The number of amides is 1. The van der Waals surface area contributed by atoms with E-state index in [1.807, 2.05) is 0 Å². The Hall–Kier alpha value is -0.800. The number of rotatable bonds is 6. The van der Waals surface area contributed by atoms with E-state index in [4.69, 9.17) is 44.7 Å². The van der Waals surface area contributed by atoms with Crippen molar-refractivity contribution in [1.29, 1.82) is 0 Å². The number of anilines is 1. The van der Waals surface area contributed by atoms with Crippen LogP contribution in [0.2, 0.25) is 0 Å². The number of halogens is 3. The van der Waals surface area contributed by atoms with Crippen LogP contribution in [0.5, 0.6) is 0 Å². The van der Waals surface area contributed by atoms with Crippen molar-refractivity contribution in [1.82, 2.24) is 10.2 Å². The van der Waals surface area contributed by atoms with Crippen LogP contribution in [0.4, 0.5) is 5.69 Å². The third-order valence-electron chi connectivity index (χ3n) is 5.62. The Bertz CT molecular complexity index is 682. The molecular formula is C19H25Cl3N3O4-. The SMILES string of the molecule is O=C(N[C@@H](OC[C@H]1CCCN2CCCC[C@H]12)C(Cl)(Cl)Cl)c1ccc(N([O-])O)cc1. The zero-order valence-corrected chi connectivity index (χ0v) is 18.2. The molecule has 2 heterocycles. The van der Waals surface area contributed by atoms with Crippen LogP contribution in [-0.2, 0) is 4.74 Å². The van der Waals surface area contributed by atoms with E-state index in [1.54, 1.807) is 0 Å². The summed E-state index contributed by atoms with van der Waals surface area (Å²) in [6, 6.07) is 5.88. The normalized spacial score (nSPS) is 23.9. The molecule has 3 rings (SSSR count). The third-order valence-corrected chi connectivity index (χ3v) is 6.21. The summed E-state index contributed by atoms with van der Waals surface area (Å²) in [7, 11) is 0. The van der Waals surface area contributed by atoms with Gasteiger partial charge in [0.05, 0.1) is 12.3 Å². The Balaban J connectivity index is 1.61. The maximum atomic E-state index is 12.5. The first-order chi connectivity index (χ1) is 13.8. The fourth-order valence-electron chi connectivity index (χ4n) is 4.15. The van der Waals surface area contributed by atoms with Gasteiger partial charge in [-0.1, -0.05) is 41.2 Å². The fourth-order valence-corrected chi connectivity index (χ4v) is 4.50. The number of fused-ring (bicyclic) bond motifs is 1. The predicted octanol–water partition coefficient (Wildman–Crippen LogP) is 4.09. The molecule has 0 aliphatic carbocycles. The lowest BCUT2D eigenvalue weighted by molar-refractivity contribution is -0.0325. The number of hydrogen-bond donors (Lipinski definition) is 2. The molecule has 0 saturated carbocycles. The van der Waals surface area contributed by atoms with Crippen molar-refractivity contribution in [3.8, 4) is 0 Å². The highest BCUT2D eigenvalue weighted by atomic mass is 35.6. The summed E-state index contributed by atoms with van der Waals surface area (Å²) in [6.07, 6.45) is 4.64. The summed E-state index contributed by atoms with van der Waals surface area (Å²) >= 11 is 18.2. The van der Waals surface area contributed by atoms with Gasteiger partial charge < -0.3 is 25.4 Å². The molecule has 1 aromatic carbocycles. The van der Waals surface area contributed by atoms with Gasteiger partial charge in [-0.15, -0.1) is 0 Å². The van der Waals surface area contributed by atoms with E-state index >= 15 is 0 Å². The first-order valence-corrected chi connectivity index (χ1v) is 10.9. The monoisotopic (exact) mass is 464 g/mol. The van der Waals surface area contributed by atoms with Crippen LogP contribution in [0.1, 0.15) is 42.5 Å². The summed E-state index contributed by atoms with van der Waals surface area (Å²) in [6.45, 7) is 2.64. The van der Waals surface area contributed by atoms with E-state index in [9.17, 15) is 10.0 Å². The second-order valence-corrected chi connectivity index (χ2v) is 9.92. The van der Waals surface area contributed by atoms with E-state index in [0.717, 1.165) is 32.4 Å². The van der Waals surface area contributed by atoms with Crippen molar-refractivity contribution in [2.75, 3.05) is 24.9 Å². The quantitative estimate of drug-likeness (QED) is 0.374. The molecule has 3 atom stereocenters. The molecule has 0 spiro atoms. The van der Waals surface area contributed by atoms with Crippen molar-refractivity contribution in [2.24, 2.45) is 5.92 Å². The van der Waals surface area contributed by atoms with Crippen molar-refractivity contribution in [3.63, 3.8) is 0 Å². The number of ether oxygens (including phenoxy) is 1. The van der Waals surface area contributed by atoms with Gasteiger partial charge in [0.15, 0.2) is 6.23 Å². The smallest absolute Gasteiger partial charge is 0.253 e. The van der Waals surface area contributed by atoms with Gasteiger partial charge in [-0.3, -0.25) is 10.0 Å². The molecule has 29 heavy (non-hydrogen) atoms. The molecule has 1 aromatic rings. The summed E-state index contributed by atoms with van der Waals surface area (Å²) < 4.78 is 4.06. The van der Waals surface area contributed by atoms with Crippen LogP contribution in [0.15, 0.2) is 24.3 Å². The molecule has 0 unspecified atom stereocenters. The molecule has 0 radical (unpaired) electrons. The molecule has 2 fully saturated rings. The summed E-state index contributed by atoms with van der Waals surface area (Å²) in [5.74, 6) is -0.172. The summed E-state index contributed by atoms with van der Waals surface area (Å²) in [5.41, 5.74) is 0.250. The molecule has 7 nitrogen and oxygen atoms in total. The fraction of sp³-hybridized carbons (Fsp3) is 0.632. The van der Waals surface area contributed by atoms with Crippen molar-refractivity contribution < 1.29 is 14.7 Å². The molecule has 10 heteroatoms. The average Bonchev–Trinajstić information content (AvgIpc) is 2.70. The minimum Gasteiger partial charge on any atom is -0.733 e. The molecular weight excluding hydrogens is 441 g/mol. The van der Waals surface area contributed by atoms with Gasteiger partial charge in [0, 0.05) is 11.6 Å². The van der Waals surface area contributed by atoms with Gasteiger partial charge in [-0.25, -0.2) is 0 Å². The average molecular weight is 466 g/mol. The predicted molar refractivity (Wildman–Crippen MR) is 114 cm³/mol. The standard InChI is InChI=1S/C19H25Cl3N3O4/c20-19(21,22)18(23-17(26)13-6-8-15(9-7-13)25(27)28)29-12-14-4-3-11-24-10-2-1-5-16(14)24/h6-9,14,16,18,27H,1-5,10-12H2,(H,23,26)/q-1/t14-,16-,18+/m1/s1. The maximum Gasteiger partial charge on any atom is 0.253 e. The number of alkyl halides is 3. The molecule has 2 N–H and O–H groups in total. The zero-order chi connectivity index (χ0) is 21.0. The molecule has 162 valence electrons. The lowest BCUT2D eigenvalue weighted by Crippen LogP contribution is -2.51. The topological polar surface area (TPSA) is 88.1 Å². The number of hydrogen-bond acceptors (Lipinski definition) is 6. The van der Waals surface area contributed by atoms with Gasteiger partial charge in [0.2, 0.25) is 3.79 Å². The molecule has 2 aliphatic heterocycles. The highest BCUT2D eigenvalue weighted by Crippen LogP contribution is 2.34. The third kappa shape index (κ3) is 6.10. The Morgan fingerprint density at radius 1 is 1.24 bits per heavy atom. The largest absolute Gasteiger partial charge is 0.733 e. The lowest BCUT2D eigenvalue weighted by Gasteiger charge is -2.44. The van der Waals surface area contributed by atoms with Gasteiger partial charge in [-0.05, 0) is 69.0 Å². The van der Waals surface area contributed by atoms with Gasteiger partial charge in [-0.2, -0.15) is 0 Å². The number of benzene rings is 1. The first-order valence-electron chi connectivity index (χ1n) is 9.75. The van der Waals surface area contributed by atoms with Crippen LogP contribution in [-0.4, -0.2) is 51.8 Å². The Morgan fingerprint density at radius 2 is 1.93 bits per heavy atom.